The molecule has 0 saturated carbocycles. The molecule has 308 valence electrons. The third kappa shape index (κ3) is 39.9. The van der Waals surface area contributed by atoms with Crippen LogP contribution in [-0.2, 0) is 27.9 Å². The summed E-state index contributed by atoms with van der Waals surface area (Å²) < 4.78 is 26.9. The van der Waals surface area contributed by atoms with Gasteiger partial charge in [-0.2, -0.15) is 0 Å². The highest BCUT2D eigenvalue weighted by atomic mass is 31.2. The molecule has 3 N–H and O–H groups in total. The van der Waals surface area contributed by atoms with E-state index in [9.17, 15) is 24.2 Å². The van der Waals surface area contributed by atoms with Gasteiger partial charge in [0.1, 0.15) is 12.7 Å². The third-order valence-electron chi connectivity index (χ3n) is 9.45. The third-order valence-corrected chi connectivity index (χ3v) is 10.4. The van der Waals surface area contributed by atoms with Crippen molar-refractivity contribution in [3.05, 3.63) is 12.2 Å². The summed E-state index contributed by atoms with van der Waals surface area (Å²) in [4.78, 5) is 33.9. The molecule has 0 aromatic rings. The van der Waals surface area contributed by atoms with E-state index in [1.165, 1.54) is 148 Å². The highest BCUT2D eigenvalue weighted by Gasteiger charge is 2.23. The molecule has 10 heteroatoms. The van der Waals surface area contributed by atoms with E-state index < -0.39 is 26.5 Å². The summed E-state index contributed by atoms with van der Waals surface area (Å²) >= 11 is 0. The van der Waals surface area contributed by atoms with Crippen LogP contribution in [0.5, 0.6) is 0 Å². The number of unbranched alkanes of at least 4 members (excludes halogenated alkanes) is 26. The minimum absolute atomic E-state index is 0.0829. The summed E-state index contributed by atoms with van der Waals surface area (Å²) in [5.74, 6) is -0.513. The van der Waals surface area contributed by atoms with E-state index in [4.69, 9.17) is 13.8 Å². The van der Waals surface area contributed by atoms with Gasteiger partial charge in [0.2, 0.25) is 5.91 Å². The lowest BCUT2D eigenvalue weighted by atomic mass is 10.0. The molecule has 2 atom stereocenters. The van der Waals surface area contributed by atoms with Crippen molar-refractivity contribution in [3.8, 4) is 0 Å². The summed E-state index contributed by atoms with van der Waals surface area (Å²) in [6.07, 6.45) is 39.9. The summed E-state index contributed by atoms with van der Waals surface area (Å²) in [5.41, 5.74) is 0. The van der Waals surface area contributed by atoms with Gasteiger partial charge in [-0.15, -0.1) is 0 Å². The highest BCUT2D eigenvalue weighted by Crippen LogP contribution is 2.42. The Morgan fingerprint density at radius 3 is 1.44 bits per heavy atom. The fourth-order valence-corrected chi connectivity index (χ4v) is 6.90. The number of nitrogens with one attached hydrogen (secondary N) is 1. The topological polar surface area (TPSA) is 131 Å². The number of phosphoric ester groups is 1. The summed E-state index contributed by atoms with van der Waals surface area (Å²) in [7, 11) is -4.41. The van der Waals surface area contributed by atoms with Crippen molar-refractivity contribution >= 4 is 19.7 Å². The van der Waals surface area contributed by atoms with Crippen LogP contribution in [0.15, 0.2) is 12.2 Å². The van der Waals surface area contributed by atoms with Crippen molar-refractivity contribution in [2.24, 2.45) is 0 Å². The molecule has 0 fully saturated rings. The Morgan fingerprint density at radius 1 is 0.577 bits per heavy atom. The second kappa shape index (κ2) is 39.4. The predicted octanol–water partition coefficient (Wildman–Crippen LogP) is 11.8. The molecule has 0 aliphatic heterocycles. The number of carbonyl (C=O) groups excluding carboxylic acids is 2. The number of aliphatic hydroxyl groups excluding tert-OH is 1. The minimum Gasteiger partial charge on any atom is -0.463 e. The molecule has 0 radical (unpaired) electrons. The van der Waals surface area contributed by atoms with E-state index in [-0.39, 0.29) is 32.1 Å². The smallest absolute Gasteiger partial charge is 0.463 e. The van der Waals surface area contributed by atoms with E-state index >= 15 is 0 Å². The van der Waals surface area contributed by atoms with Crippen LogP contribution in [0.3, 0.4) is 0 Å². The van der Waals surface area contributed by atoms with Gasteiger partial charge >= 0.3 is 13.8 Å². The van der Waals surface area contributed by atoms with E-state index in [2.05, 4.69) is 31.3 Å². The van der Waals surface area contributed by atoms with Crippen molar-refractivity contribution < 1.29 is 37.9 Å². The first-order valence-electron chi connectivity index (χ1n) is 21.7. The molecule has 0 aliphatic rings. The molecular formula is C42H82NO8P. The number of amides is 1. The molecule has 1 amide bonds. The van der Waals surface area contributed by atoms with Crippen LogP contribution in [0.2, 0.25) is 0 Å². The van der Waals surface area contributed by atoms with Gasteiger partial charge in [-0.1, -0.05) is 174 Å². The Bertz CT molecular complexity index is 871. The van der Waals surface area contributed by atoms with E-state index in [0.717, 1.165) is 38.5 Å². The molecule has 9 nitrogen and oxygen atoms in total. The van der Waals surface area contributed by atoms with Crippen molar-refractivity contribution in [1.82, 2.24) is 5.32 Å². The van der Waals surface area contributed by atoms with Gasteiger partial charge in [-0.25, -0.2) is 4.57 Å². The van der Waals surface area contributed by atoms with Crippen LogP contribution >= 0.6 is 7.82 Å². The monoisotopic (exact) mass is 760 g/mol. The molecule has 2 unspecified atom stereocenters. The van der Waals surface area contributed by atoms with Crippen LogP contribution in [0.25, 0.3) is 0 Å². The molecule has 0 aromatic heterocycles. The highest BCUT2D eigenvalue weighted by molar-refractivity contribution is 7.47. The number of carbonyl (C=O) groups is 2. The predicted molar refractivity (Wildman–Crippen MR) is 215 cm³/mol. The van der Waals surface area contributed by atoms with Crippen molar-refractivity contribution in [1.29, 1.82) is 0 Å². The maximum Gasteiger partial charge on any atom is 0.472 e. The second-order valence-corrected chi connectivity index (χ2v) is 16.1. The first kappa shape index (κ1) is 50.8. The number of phosphoric acid groups is 1. The largest absolute Gasteiger partial charge is 0.472 e. The van der Waals surface area contributed by atoms with Crippen LogP contribution in [0, 0.1) is 0 Å². The lowest BCUT2D eigenvalue weighted by molar-refractivity contribution is -0.147. The number of ether oxygens (including phenoxy) is 1. The van der Waals surface area contributed by atoms with Gasteiger partial charge in [0.15, 0.2) is 0 Å². The number of hydrogen-bond donors (Lipinski definition) is 3. The van der Waals surface area contributed by atoms with Crippen LogP contribution < -0.4 is 5.32 Å². The number of rotatable bonds is 41. The Labute approximate surface area is 319 Å². The maximum absolute atomic E-state index is 12.1. The lowest BCUT2D eigenvalue weighted by Gasteiger charge is -2.15. The van der Waals surface area contributed by atoms with Gasteiger partial charge in [-0.05, 0) is 38.5 Å². The lowest BCUT2D eigenvalue weighted by Crippen LogP contribution is -2.27. The standard InChI is InChI=1S/C42H82NO8P/c1-3-5-7-9-11-13-15-17-19-20-21-22-24-26-28-30-32-34-41(45)43-36-37-50-52(47,48)51-39-40(44)38-49-42(46)35-33-31-29-27-25-23-18-16-14-12-10-8-6-4-2/h17,19,40,44H,3-16,18,20-39H2,1-2H3,(H,43,45)(H,47,48)/b19-17-. The second-order valence-electron chi connectivity index (χ2n) is 14.7. The van der Waals surface area contributed by atoms with Gasteiger partial charge in [0, 0.05) is 19.4 Å². The average Bonchev–Trinajstić information content (AvgIpc) is 3.13. The molecule has 0 aromatic carbocycles. The van der Waals surface area contributed by atoms with Crippen molar-refractivity contribution in [2.75, 3.05) is 26.4 Å². The molecule has 0 heterocycles. The molecule has 0 aliphatic carbocycles. The van der Waals surface area contributed by atoms with E-state index in [1.54, 1.807) is 0 Å². The summed E-state index contributed by atoms with van der Waals surface area (Å²) in [6, 6.07) is 0. The molecule has 0 saturated heterocycles. The molecular weight excluding hydrogens is 677 g/mol. The van der Waals surface area contributed by atoms with Crippen molar-refractivity contribution in [3.63, 3.8) is 0 Å². The van der Waals surface area contributed by atoms with Crippen LogP contribution in [0.1, 0.15) is 213 Å². The minimum atomic E-state index is -4.41. The van der Waals surface area contributed by atoms with Crippen molar-refractivity contribution in [2.45, 2.75) is 219 Å². The molecule has 52 heavy (non-hydrogen) atoms. The number of allylic oxidation sites excluding steroid dienone is 2. The molecule has 0 rings (SSSR count). The average molecular weight is 760 g/mol. The zero-order valence-electron chi connectivity index (χ0n) is 33.8. The molecule has 0 bridgehead atoms. The zero-order chi connectivity index (χ0) is 38.2. The Balaban J connectivity index is 3.58. The number of aliphatic hydroxyl groups is 1. The fourth-order valence-electron chi connectivity index (χ4n) is 6.14. The first-order chi connectivity index (χ1) is 25.3. The fraction of sp³-hybridized carbons (Fsp3) is 0.905. The maximum atomic E-state index is 12.1. The van der Waals surface area contributed by atoms with Crippen LogP contribution in [-0.4, -0.2) is 54.3 Å². The zero-order valence-corrected chi connectivity index (χ0v) is 34.7. The Morgan fingerprint density at radius 2 is 0.981 bits per heavy atom. The Hall–Kier alpha value is -1.25. The van der Waals surface area contributed by atoms with Gasteiger partial charge in [0.25, 0.3) is 0 Å². The normalized spacial score (nSPS) is 13.4. The Kier molecular flexibility index (Phi) is 38.5. The van der Waals surface area contributed by atoms with E-state index in [1.807, 2.05) is 0 Å². The number of esters is 1. The first-order valence-corrected chi connectivity index (χ1v) is 23.2. The SMILES string of the molecule is CCCCCCCC/C=C\CCCCCCCCCC(=O)NCCOP(=O)(O)OCC(O)COC(=O)CCCCCCCCCCCCCCCC. The summed E-state index contributed by atoms with van der Waals surface area (Å²) in [6.45, 7) is 3.57. The van der Waals surface area contributed by atoms with Gasteiger partial charge < -0.3 is 20.1 Å². The number of hydrogen-bond acceptors (Lipinski definition) is 7. The van der Waals surface area contributed by atoms with E-state index in [0.29, 0.717) is 6.42 Å². The van der Waals surface area contributed by atoms with Gasteiger partial charge in [0.05, 0.1) is 13.2 Å². The summed E-state index contributed by atoms with van der Waals surface area (Å²) in [5, 5.41) is 12.7. The van der Waals surface area contributed by atoms with Gasteiger partial charge in [-0.3, -0.25) is 18.6 Å². The molecule has 0 spiro atoms. The van der Waals surface area contributed by atoms with Crippen LogP contribution in [0.4, 0.5) is 0 Å². The quantitative estimate of drug-likeness (QED) is 0.0243.